The lowest BCUT2D eigenvalue weighted by atomic mass is 10.2. The van der Waals surface area contributed by atoms with E-state index in [0.29, 0.717) is 18.2 Å². The van der Waals surface area contributed by atoms with Gasteiger partial charge in [0.25, 0.3) is 0 Å². The number of anilines is 1. The zero-order chi connectivity index (χ0) is 13.9. The smallest absolute Gasteiger partial charge is 0.161 e. The molecule has 1 saturated heterocycles. The van der Waals surface area contributed by atoms with Crippen molar-refractivity contribution in [2.45, 2.75) is 6.10 Å². The number of rotatable bonds is 2. The molecule has 1 atom stereocenters. The molecule has 0 amide bonds. The molecule has 3 rings (SSSR count). The fourth-order valence-electron chi connectivity index (χ4n) is 2.19. The van der Waals surface area contributed by atoms with Gasteiger partial charge in [0.05, 0.1) is 24.4 Å². The van der Waals surface area contributed by atoms with E-state index in [1.54, 1.807) is 12.3 Å². The van der Waals surface area contributed by atoms with Gasteiger partial charge >= 0.3 is 0 Å². The van der Waals surface area contributed by atoms with Crippen molar-refractivity contribution in [3.05, 3.63) is 47.0 Å². The first-order chi connectivity index (χ1) is 9.78. The van der Waals surface area contributed by atoms with Crippen molar-refractivity contribution in [3.63, 3.8) is 0 Å². The lowest BCUT2D eigenvalue weighted by Crippen LogP contribution is -2.38. The molecule has 0 bridgehead atoms. The van der Waals surface area contributed by atoms with Crippen LogP contribution in [0.4, 0.5) is 5.82 Å². The molecule has 0 spiro atoms. The van der Waals surface area contributed by atoms with Crippen LogP contribution in [0.25, 0.3) is 0 Å². The Morgan fingerprint density at radius 2 is 2.30 bits per heavy atom. The van der Waals surface area contributed by atoms with E-state index in [9.17, 15) is 0 Å². The molecule has 20 heavy (non-hydrogen) atoms. The van der Waals surface area contributed by atoms with Crippen LogP contribution in [-0.4, -0.2) is 24.7 Å². The second-order valence-corrected chi connectivity index (χ2v) is 4.84. The maximum Gasteiger partial charge on any atom is 0.161 e. The minimum Gasteiger partial charge on any atom is -0.467 e. The van der Waals surface area contributed by atoms with Crippen LogP contribution in [0, 0.1) is 11.3 Å². The van der Waals surface area contributed by atoms with Gasteiger partial charge in [0, 0.05) is 6.54 Å². The third kappa shape index (κ3) is 2.48. The molecule has 1 aliphatic rings. The number of aromatic nitrogens is 1. The number of hydrogen-bond donors (Lipinski definition) is 0. The summed E-state index contributed by atoms with van der Waals surface area (Å²) < 4.78 is 11.1. The van der Waals surface area contributed by atoms with Crippen LogP contribution in [0.5, 0.6) is 0 Å². The summed E-state index contributed by atoms with van der Waals surface area (Å²) in [6.07, 6.45) is 1.51. The summed E-state index contributed by atoms with van der Waals surface area (Å²) >= 11 is 5.90. The maximum atomic E-state index is 8.99. The van der Waals surface area contributed by atoms with Gasteiger partial charge in [0.15, 0.2) is 5.69 Å². The summed E-state index contributed by atoms with van der Waals surface area (Å²) in [5.74, 6) is 1.52. The van der Waals surface area contributed by atoms with E-state index in [4.69, 9.17) is 26.0 Å². The predicted molar refractivity (Wildman–Crippen MR) is 73.6 cm³/mol. The highest BCUT2D eigenvalue weighted by molar-refractivity contribution is 6.31. The molecule has 2 aromatic rings. The second-order valence-electron chi connectivity index (χ2n) is 4.43. The van der Waals surface area contributed by atoms with E-state index in [0.717, 1.165) is 18.1 Å². The van der Waals surface area contributed by atoms with E-state index < -0.39 is 0 Å². The maximum absolute atomic E-state index is 8.99. The van der Waals surface area contributed by atoms with E-state index in [-0.39, 0.29) is 11.8 Å². The molecule has 0 N–H and O–H groups in total. The van der Waals surface area contributed by atoms with E-state index in [1.165, 1.54) is 0 Å². The average molecular weight is 290 g/mol. The molecule has 6 heteroatoms. The predicted octanol–water partition coefficient (Wildman–Crippen LogP) is 2.78. The molecular weight excluding hydrogens is 278 g/mol. The molecule has 1 unspecified atom stereocenters. The van der Waals surface area contributed by atoms with Crippen LogP contribution in [-0.2, 0) is 4.74 Å². The van der Waals surface area contributed by atoms with Crippen LogP contribution in [0.15, 0.2) is 34.9 Å². The van der Waals surface area contributed by atoms with E-state index in [2.05, 4.69) is 9.88 Å². The van der Waals surface area contributed by atoms with Crippen molar-refractivity contribution in [1.82, 2.24) is 4.98 Å². The highest BCUT2D eigenvalue weighted by Crippen LogP contribution is 2.26. The molecule has 2 aromatic heterocycles. The zero-order valence-corrected chi connectivity index (χ0v) is 11.4. The normalized spacial score (nSPS) is 18.8. The third-order valence-corrected chi connectivity index (χ3v) is 3.49. The molecule has 3 heterocycles. The standard InChI is InChI=1S/C14H12ClN3O2/c15-10-3-4-14(17-11(10)8-16)18-5-7-20-13(9-18)12-2-1-6-19-12/h1-4,6,13H,5,7,9H2. The number of hydrogen-bond acceptors (Lipinski definition) is 5. The SMILES string of the molecule is N#Cc1nc(N2CCOC(c3ccco3)C2)ccc1Cl. The molecule has 0 aromatic carbocycles. The molecule has 0 radical (unpaired) electrons. The molecule has 0 aliphatic carbocycles. The van der Waals surface area contributed by atoms with Crippen molar-refractivity contribution in [2.24, 2.45) is 0 Å². The highest BCUT2D eigenvalue weighted by Gasteiger charge is 2.25. The Kier molecular flexibility index (Phi) is 3.59. The highest BCUT2D eigenvalue weighted by atomic mass is 35.5. The first-order valence-electron chi connectivity index (χ1n) is 6.24. The summed E-state index contributed by atoms with van der Waals surface area (Å²) in [5, 5.41) is 9.36. The minimum atomic E-state index is -0.123. The molecular formula is C14H12ClN3O2. The summed E-state index contributed by atoms with van der Waals surface area (Å²) in [6, 6.07) is 9.23. The molecule has 1 aliphatic heterocycles. The van der Waals surface area contributed by atoms with Gasteiger partial charge in [-0.15, -0.1) is 0 Å². The zero-order valence-electron chi connectivity index (χ0n) is 10.6. The number of furan rings is 1. The topological polar surface area (TPSA) is 62.3 Å². The van der Waals surface area contributed by atoms with Crippen LogP contribution >= 0.6 is 11.6 Å². The number of nitrogens with zero attached hydrogens (tertiary/aromatic N) is 3. The number of ether oxygens (including phenoxy) is 1. The molecule has 102 valence electrons. The van der Waals surface area contributed by atoms with Gasteiger partial charge in [0.2, 0.25) is 0 Å². The van der Waals surface area contributed by atoms with Crippen LogP contribution < -0.4 is 4.90 Å². The van der Waals surface area contributed by atoms with Crippen LogP contribution in [0.2, 0.25) is 5.02 Å². The van der Waals surface area contributed by atoms with Crippen LogP contribution in [0.3, 0.4) is 0 Å². The van der Waals surface area contributed by atoms with Crippen molar-refractivity contribution in [2.75, 3.05) is 24.6 Å². The Morgan fingerprint density at radius 3 is 3.05 bits per heavy atom. The largest absolute Gasteiger partial charge is 0.467 e. The fraction of sp³-hybridized carbons (Fsp3) is 0.286. The fourth-order valence-corrected chi connectivity index (χ4v) is 2.34. The monoisotopic (exact) mass is 289 g/mol. The molecule has 1 fully saturated rings. The van der Waals surface area contributed by atoms with Crippen molar-refractivity contribution >= 4 is 17.4 Å². The van der Waals surface area contributed by atoms with Gasteiger partial charge < -0.3 is 14.1 Å². The Labute approximate surface area is 121 Å². The van der Waals surface area contributed by atoms with E-state index >= 15 is 0 Å². The first kappa shape index (κ1) is 13.0. The van der Waals surface area contributed by atoms with Gasteiger partial charge in [-0.25, -0.2) is 4.98 Å². The van der Waals surface area contributed by atoms with Crippen molar-refractivity contribution in [1.29, 1.82) is 5.26 Å². The first-order valence-corrected chi connectivity index (χ1v) is 6.62. The Hall–Kier alpha value is -2.03. The average Bonchev–Trinajstić information content (AvgIpc) is 3.02. The summed E-state index contributed by atoms with van der Waals surface area (Å²) in [5.41, 5.74) is 0.241. The Balaban J connectivity index is 1.82. The van der Waals surface area contributed by atoms with Gasteiger partial charge in [-0.2, -0.15) is 5.26 Å². The van der Waals surface area contributed by atoms with Crippen molar-refractivity contribution in [3.8, 4) is 6.07 Å². The Morgan fingerprint density at radius 1 is 1.40 bits per heavy atom. The number of morpholine rings is 1. The summed E-state index contributed by atoms with van der Waals surface area (Å²) in [6.45, 7) is 1.93. The molecule has 0 saturated carbocycles. The lowest BCUT2D eigenvalue weighted by Gasteiger charge is -2.32. The minimum absolute atomic E-state index is 0.123. The van der Waals surface area contributed by atoms with Gasteiger partial charge in [-0.1, -0.05) is 11.6 Å². The molecule has 5 nitrogen and oxygen atoms in total. The number of nitriles is 1. The second kappa shape index (κ2) is 5.53. The number of halogens is 1. The summed E-state index contributed by atoms with van der Waals surface area (Å²) in [7, 11) is 0. The van der Waals surface area contributed by atoms with E-state index in [1.807, 2.05) is 24.3 Å². The Bertz CT molecular complexity index is 636. The van der Waals surface area contributed by atoms with Gasteiger partial charge in [-0.05, 0) is 24.3 Å². The van der Waals surface area contributed by atoms with Crippen molar-refractivity contribution < 1.29 is 9.15 Å². The van der Waals surface area contributed by atoms with Gasteiger partial charge in [-0.3, -0.25) is 0 Å². The lowest BCUT2D eigenvalue weighted by molar-refractivity contribution is 0.0255. The van der Waals surface area contributed by atoms with Crippen LogP contribution in [0.1, 0.15) is 17.6 Å². The quantitative estimate of drug-likeness (QED) is 0.850. The number of pyridine rings is 1. The third-order valence-electron chi connectivity index (χ3n) is 3.19. The summed E-state index contributed by atoms with van der Waals surface area (Å²) in [4.78, 5) is 6.34. The van der Waals surface area contributed by atoms with Gasteiger partial charge in [0.1, 0.15) is 23.8 Å².